The number of hydrogen-bond donors (Lipinski definition) is 2. The van der Waals surface area contributed by atoms with Gasteiger partial charge in [0.15, 0.2) is 11.4 Å². The number of nitrogens with zero attached hydrogens (tertiary/aromatic N) is 1. The molecule has 0 aromatic carbocycles. The van der Waals surface area contributed by atoms with Crippen LogP contribution in [0.3, 0.4) is 0 Å². The van der Waals surface area contributed by atoms with Crippen molar-refractivity contribution in [3.8, 4) is 0 Å². The molecule has 0 aliphatic carbocycles. The first-order valence-electron chi connectivity index (χ1n) is 6.17. The second-order valence-corrected chi connectivity index (χ2v) is 6.09. The van der Waals surface area contributed by atoms with Gasteiger partial charge in [0.05, 0.1) is 13.1 Å². The number of carbonyl (C=O) groups is 2. The van der Waals surface area contributed by atoms with Crippen molar-refractivity contribution in [2.45, 2.75) is 32.0 Å². The molecule has 0 unspecified atom stereocenters. The molecule has 0 aromatic heterocycles. The highest BCUT2D eigenvalue weighted by atomic mass is 16.6. The molecule has 2 aliphatic rings. The van der Waals surface area contributed by atoms with Gasteiger partial charge in [-0.25, -0.2) is 4.79 Å². The zero-order valence-corrected chi connectivity index (χ0v) is 11.0. The van der Waals surface area contributed by atoms with Gasteiger partial charge in [-0.05, 0) is 20.8 Å². The van der Waals surface area contributed by atoms with Crippen molar-refractivity contribution in [1.29, 1.82) is 0 Å². The van der Waals surface area contributed by atoms with Gasteiger partial charge in [0.25, 0.3) is 0 Å². The molecule has 6 heteroatoms. The van der Waals surface area contributed by atoms with Crippen molar-refractivity contribution in [3.05, 3.63) is 0 Å². The van der Waals surface area contributed by atoms with E-state index in [0.29, 0.717) is 13.1 Å². The molecule has 2 rings (SSSR count). The predicted octanol–water partition coefficient (Wildman–Crippen LogP) is -0.243. The van der Waals surface area contributed by atoms with Gasteiger partial charge in [-0.3, -0.25) is 4.79 Å². The van der Waals surface area contributed by atoms with Gasteiger partial charge in [-0.1, -0.05) is 0 Å². The van der Waals surface area contributed by atoms with Crippen LogP contribution >= 0.6 is 0 Å². The van der Waals surface area contributed by atoms with Crippen LogP contribution in [-0.2, 0) is 9.53 Å². The summed E-state index contributed by atoms with van der Waals surface area (Å²) in [5.74, 6) is -0.281. The largest absolute Gasteiger partial charge is 0.444 e. The Morgan fingerprint density at radius 1 is 1.33 bits per heavy atom. The third-order valence-electron chi connectivity index (χ3n) is 3.17. The second kappa shape index (κ2) is 4.20. The number of amides is 1. The van der Waals surface area contributed by atoms with Gasteiger partial charge in [0.1, 0.15) is 5.60 Å². The lowest BCUT2D eigenvalue weighted by Crippen LogP contribution is -2.71. The molecule has 6 nitrogen and oxygen atoms in total. The Kier molecular flexibility index (Phi) is 3.11. The maximum Gasteiger partial charge on any atom is 0.410 e. The Hall–Kier alpha value is -1.14. The number of ketones is 1. The third kappa shape index (κ3) is 2.49. The smallest absolute Gasteiger partial charge is 0.410 e. The standard InChI is InChI=1S/C12H20N2O4/c1-11(2,3)18-10(16)14-6-12(17,7-14)9(15)8-4-13-5-8/h8,13,17H,4-7H2,1-3H3. The normalized spacial score (nSPS) is 23.0. The van der Waals surface area contributed by atoms with Gasteiger partial charge in [0.2, 0.25) is 0 Å². The maximum absolute atomic E-state index is 11.9. The maximum atomic E-state index is 11.9. The first-order chi connectivity index (χ1) is 8.21. The average molecular weight is 256 g/mol. The molecule has 102 valence electrons. The van der Waals surface area contributed by atoms with Crippen LogP contribution in [0.1, 0.15) is 20.8 Å². The molecule has 2 N–H and O–H groups in total. The van der Waals surface area contributed by atoms with Crippen molar-refractivity contribution >= 4 is 11.9 Å². The zero-order chi connectivity index (χ0) is 13.6. The lowest BCUT2D eigenvalue weighted by molar-refractivity contribution is -0.160. The number of nitrogens with one attached hydrogen (secondary N) is 1. The van der Waals surface area contributed by atoms with Gasteiger partial charge < -0.3 is 20.1 Å². The Morgan fingerprint density at radius 2 is 1.89 bits per heavy atom. The number of aliphatic hydroxyl groups is 1. The van der Waals surface area contributed by atoms with E-state index in [1.165, 1.54) is 4.90 Å². The summed E-state index contributed by atoms with van der Waals surface area (Å²) >= 11 is 0. The molecule has 0 saturated carbocycles. The average Bonchev–Trinajstić information content (AvgIpc) is 2.06. The van der Waals surface area contributed by atoms with E-state index in [1.807, 2.05) is 0 Å². The quantitative estimate of drug-likeness (QED) is 0.712. The number of β-amino-alcohol motifs (C(OH)–C–C–N with tert-alkyl or cyclic N) is 1. The van der Waals surface area contributed by atoms with E-state index in [1.54, 1.807) is 20.8 Å². The summed E-state index contributed by atoms with van der Waals surface area (Å²) in [6.45, 7) is 6.65. The van der Waals surface area contributed by atoms with Crippen LogP contribution in [0.15, 0.2) is 0 Å². The molecule has 0 aromatic rings. The number of hydrogen-bond acceptors (Lipinski definition) is 5. The van der Waals surface area contributed by atoms with Gasteiger partial charge >= 0.3 is 6.09 Å². The molecule has 0 bridgehead atoms. The van der Waals surface area contributed by atoms with Crippen molar-refractivity contribution < 1.29 is 19.4 Å². The zero-order valence-electron chi connectivity index (χ0n) is 11.0. The summed E-state index contributed by atoms with van der Waals surface area (Å²) in [4.78, 5) is 24.9. The predicted molar refractivity (Wildman–Crippen MR) is 64.1 cm³/mol. The summed E-state index contributed by atoms with van der Waals surface area (Å²) in [5, 5.41) is 13.1. The molecule has 2 saturated heterocycles. The molecule has 1 amide bonds. The van der Waals surface area contributed by atoms with E-state index >= 15 is 0 Å². The third-order valence-corrected chi connectivity index (χ3v) is 3.17. The Balaban J connectivity index is 1.85. The van der Waals surface area contributed by atoms with Crippen LogP contribution in [0.5, 0.6) is 0 Å². The minimum atomic E-state index is -1.37. The van der Waals surface area contributed by atoms with Crippen LogP contribution in [0.2, 0.25) is 0 Å². The molecule has 2 heterocycles. The van der Waals surface area contributed by atoms with Crippen molar-refractivity contribution in [2.75, 3.05) is 26.2 Å². The van der Waals surface area contributed by atoms with Gasteiger partial charge in [0, 0.05) is 19.0 Å². The Labute approximate surface area is 106 Å². The minimum Gasteiger partial charge on any atom is -0.444 e. The van der Waals surface area contributed by atoms with Crippen molar-refractivity contribution in [1.82, 2.24) is 10.2 Å². The van der Waals surface area contributed by atoms with E-state index in [4.69, 9.17) is 4.74 Å². The topological polar surface area (TPSA) is 78.9 Å². The van der Waals surface area contributed by atoms with E-state index in [9.17, 15) is 14.7 Å². The number of ether oxygens (including phenoxy) is 1. The fourth-order valence-electron chi connectivity index (χ4n) is 2.05. The second-order valence-electron chi connectivity index (χ2n) is 6.09. The SMILES string of the molecule is CC(C)(C)OC(=O)N1CC(O)(C(=O)C2CNC2)C1. The minimum absolute atomic E-state index is 0.0389. The highest BCUT2D eigenvalue weighted by Crippen LogP contribution is 2.27. The number of rotatable bonds is 2. The molecule has 2 aliphatic heterocycles. The molecule has 0 radical (unpaired) electrons. The van der Waals surface area contributed by atoms with Crippen LogP contribution in [0, 0.1) is 5.92 Å². The van der Waals surface area contributed by atoms with Crippen LogP contribution in [0.4, 0.5) is 4.79 Å². The molecule has 18 heavy (non-hydrogen) atoms. The van der Waals surface area contributed by atoms with Gasteiger partial charge in [-0.2, -0.15) is 0 Å². The van der Waals surface area contributed by atoms with Gasteiger partial charge in [-0.15, -0.1) is 0 Å². The number of Topliss-reactive ketones (excluding diaryl/α,β-unsaturated/α-hetero) is 1. The molecule has 2 fully saturated rings. The van der Waals surface area contributed by atoms with Crippen LogP contribution < -0.4 is 5.32 Å². The van der Waals surface area contributed by atoms with E-state index in [2.05, 4.69) is 5.32 Å². The van der Waals surface area contributed by atoms with Crippen molar-refractivity contribution in [2.24, 2.45) is 5.92 Å². The molecular weight excluding hydrogens is 236 g/mol. The first kappa shape index (κ1) is 13.3. The number of carbonyl (C=O) groups excluding carboxylic acids is 2. The first-order valence-corrected chi connectivity index (χ1v) is 6.17. The summed E-state index contributed by atoms with van der Waals surface area (Å²) in [5.41, 5.74) is -1.93. The van der Waals surface area contributed by atoms with Crippen LogP contribution in [-0.4, -0.2) is 59.3 Å². The number of likely N-dealkylation sites (tertiary alicyclic amines) is 1. The fourth-order valence-corrected chi connectivity index (χ4v) is 2.05. The lowest BCUT2D eigenvalue weighted by atomic mass is 9.80. The monoisotopic (exact) mass is 256 g/mol. The highest BCUT2D eigenvalue weighted by Gasteiger charge is 2.53. The Bertz CT molecular complexity index is 365. The summed E-state index contributed by atoms with van der Waals surface area (Å²) in [6.07, 6.45) is -0.480. The van der Waals surface area contributed by atoms with Crippen LogP contribution in [0.25, 0.3) is 0 Å². The van der Waals surface area contributed by atoms with Crippen molar-refractivity contribution in [3.63, 3.8) is 0 Å². The summed E-state index contributed by atoms with van der Waals surface area (Å²) in [6, 6.07) is 0. The highest BCUT2D eigenvalue weighted by molar-refractivity contribution is 5.93. The van der Waals surface area contributed by atoms with E-state index in [0.717, 1.165) is 0 Å². The molecule has 0 atom stereocenters. The Morgan fingerprint density at radius 3 is 2.28 bits per heavy atom. The van der Waals surface area contributed by atoms with E-state index < -0.39 is 17.3 Å². The molecular formula is C12H20N2O4. The fraction of sp³-hybridized carbons (Fsp3) is 0.833. The molecule has 0 spiro atoms. The summed E-state index contributed by atoms with van der Waals surface area (Å²) in [7, 11) is 0. The van der Waals surface area contributed by atoms with E-state index in [-0.39, 0.29) is 24.8 Å². The summed E-state index contributed by atoms with van der Waals surface area (Å²) < 4.78 is 5.17. The lowest BCUT2D eigenvalue weighted by Gasteiger charge is -2.47.